The quantitative estimate of drug-likeness (QED) is 0.900. The van der Waals surface area contributed by atoms with Crippen molar-refractivity contribution in [2.75, 3.05) is 5.32 Å². The molecule has 0 aliphatic rings. The van der Waals surface area contributed by atoms with E-state index in [-0.39, 0.29) is 5.56 Å². The van der Waals surface area contributed by atoms with Crippen LogP contribution in [-0.4, -0.2) is 16.1 Å². The zero-order chi connectivity index (χ0) is 14.0. The summed E-state index contributed by atoms with van der Waals surface area (Å²) >= 11 is 3.44. The molecule has 98 valence electrons. The first-order valence-corrected chi connectivity index (χ1v) is 6.49. The van der Waals surface area contributed by atoms with Crippen LogP contribution in [0.15, 0.2) is 35.1 Å². The largest absolute Gasteiger partial charge is 0.478 e. The predicted octanol–water partition coefficient (Wildman–Crippen LogP) is 3.90. The van der Waals surface area contributed by atoms with Crippen LogP contribution in [0.1, 0.15) is 21.5 Å². The summed E-state index contributed by atoms with van der Waals surface area (Å²) in [4.78, 5) is 15.1. The minimum Gasteiger partial charge on any atom is -0.478 e. The minimum atomic E-state index is -0.975. The summed E-state index contributed by atoms with van der Waals surface area (Å²) in [7, 11) is 0. The molecule has 0 radical (unpaired) electrons. The Bertz CT molecular complexity index is 618. The third-order valence-corrected chi connectivity index (χ3v) is 3.27. The third-order valence-electron chi connectivity index (χ3n) is 2.81. The number of carboxylic acids is 1. The highest BCUT2D eigenvalue weighted by Gasteiger charge is 2.12. The number of aromatic nitrogens is 1. The molecule has 2 N–H and O–H groups in total. The first kappa shape index (κ1) is 13.5. The molecule has 0 fully saturated rings. The van der Waals surface area contributed by atoms with Crippen molar-refractivity contribution in [2.24, 2.45) is 0 Å². The Kier molecular flexibility index (Phi) is 3.85. The second-order valence-corrected chi connectivity index (χ2v) is 5.18. The number of nitrogens with one attached hydrogen (secondary N) is 1. The number of rotatable bonds is 3. The highest BCUT2D eigenvalue weighted by Crippen LogP contribution is 2.29. The summed E-state index contributed by atoms with van der Waals surface area (Å²) in [6, 6.07) is 5.44. The lowest BCUT2D eigenvalue weighted by Crippen LogP contribution is -2.04. The lowest BCUT2D eigenvalue weighted by molar-refractivity contribution is 0.0698. The van der Waals surface area contributed by atoms with Gasteiger partial charge < -0.3 is 10.4 Å². The summed E-state index contributed by atoms with van der Waals surface area (Å²) in [6.45, 7) is 3.94. The standard InChI is InChI=1S/C14H13BrN2O2/c1-8-5-10(15)6-9(2)13(8)17-12-7-16-4-3-11(12)14(18)19/h3-7,17H,1-2H3,(H,18,19). The van der Waals surface area contributed by atoms with Crippen LogP contribution in [0.2, 0.25) is 0 Å². The smallest absolute Gasteiger partial charge is 0.337 e. The van der Waals surface area contributed by atoms with E-state index >= 15 is 0 Å². The molecule has 0 aliphatic heterocycles. The zero-order valence-electron chi connectivity index (χ0n) is 10.6. The van der Waals surface area contributed by atoms with Gasteiger partial charge in [0.15, 0.2) is 0 Å². The van der Waals surface area contributed by atoms with Crippen molar-refractivity contribution in [1.82, 2.24) is 4.98 Å². The first-order valence-electron chi connectivity index (χ1n) is 5.70. The molecule has 0 spiro atoms. The maximum absolute atomic E-state index is 11.2. The van der Waals surface area contributed by atoms with Crippen molar-refractivity contribution in [1.29, 1.82) is 0 Å². The van der Waals surface area contributed by atoms with E-state index in [2.05, 4.69) is 26.2 Å². The van der Waals surface area contributed by atoms with Gasteiger partial charge >= 0.3 is 5.97 Å². The van der Waals surface area contributed by atoms with Gasteiger partial charge in [-0.25, -0.2) is 4.79 Å². The normalized spacial score (nSPS) is 10.3. The van der Waals surface area contributed by atoms with Crippen LogP contribution in [-0.2, 0) is 0 Å². The molecule has 5 heteroatoms. The molecule has 0 aliphatic carbocycles. The number of benzene rings is 1. The predicted molar refractivity (Wildman–Crippen MR) is 78.1 cm³/mol. The molecule has 19 heavy (non-hydrogen) atoms. The SMILES string of the molecule is Cc1cc(Br)cc(C)c1Nc1cnccc1C(=O)O. The fourth-order valence-corrected chi connectivity index (χ4v) is 2.61. The summed E-state index contributed by atoms with van der Waals surface area (Å²) in [5, 5.41) is 12.3. The zero-order valence-corrected chi connectivity index (χ0v) is 12.2. The molecule has 0 amide bonds. The van der Waals surface area contributed by atoms with Crippen LogP contribution in [0.4, 0.5) is 11.4 Å². The maximum Gasteiger partial charge on any atom is 0.337 e. The molecule has 1 aromatic heterocycles. The van der Waals surface area contributed by atoms with Crippen LogP contribution in [0.5, 0.6) is 0 Å². The molecule has 0 saturated carbocycles. The van der Waals surface area contributed by atoms with Crippen LogP contribution >= 0.6 is 15.9 Å². The fourth-order valence-electron chi connectivity index (χ4n) is 1.92. The van der Waals surface area contributed by atoms with E-state index < -0.39 is 5.97 Å². The lowest BCUT2D eigenvalue weighted by atomic mass is 10.1. The summed E-state index contributed by atoms with van der Waals surface area (Å²) in [5.41, 5.74) is 3.66. The van der Waals surface area contributed by atoms with Gasteiger partial charge in [-0.1, -0.05) is 15.9 Å². The van der Waals surface area contributed by atoms with E-state index in [4.69, 9.17) is 5.11 Å². The topological polar surface area (TPSA) is 62.2 Å². The van der Waals surface area contributed by atoms with E-state index in [0.717, 1.165) is 21.3 Å². The van der Waals surface area contributed by atoms with Crippen LogP contribution < -0.4 is 5.32 Å². The molecular formula is C14H13BrN2O2. The van der Waals surface area contributed by atoms with Gasteiger partial charge in [-0.05, 0) is 43.2 Å². The molecule has 2 rings (SSSR count). The molecule has 4 nitrogen and oxygen atoms in total. The van der Waals surface area contributed by atoms with Crippen LogP contribution in [0, 0.1) is 13.8 Å². The number of hydrogen-bond donors (Lipinski definition) is 2. The number of pyridine rings is 1. The Hall–Kier alpha value is -1.88. The Morgan fingerprint density at radius 2 is 1.95 bits per heavy atom. The van der Waals surface area contributed by atoms with Gasteiger partial charge in [0.25, 0.3) is 0 Å². The second-order valence-electron chi connectivity index (χ2n) is 4.27. The summed E-state index contributed by atoms with van der Waals surface area (Å²) in [5.74, 6) is -0.975. The highest BCUT2D eigenvalue weighted by atomic mass is 79.9. The van der Waals surface area contributed by atoms with E-state index in [9.17, 15) is 4.79 Å². The molecule has 0 atom stereocenters. The number of aromatic carboxylic acids is 1. The van der Waals surface area contributed by atoms with Crippen molar-refractivity contribution in [2.45, 2.75) is 13.8 Å². The van der Waals surface area contributed by atoms with Crippen molar-refractivity contribution in [3.63, 3.8) is 0 Å². The molecule has 0 bridgehead atoms. The number of anilines is 2. The Morgan fingerprint density at radius 3 is 2.53 bits per heavy atom. The number of hydrogen-bond acceptors (Lipinski definition) is 3. The van der Waals surface area contributed by atoms with E-state index in [1.807, 2.05) is 26.0 Å². The van der Waals surface area contributed by atoms with Gasteiger partial charge in [-0.2, -0.15) is 0 Å². The Labute approximate surface area is 119 Å². The van der Waals surface area contributed by atoms with Gasteiger partial charge in [-0.3, -0.25) is 4.98 Å². The van der Waals surface area contributed by atoms with Crippen molar-refractivity contribution in [3.8, 4) is 0 Å². The fraction of sp³-hybridized carbons (Fsp3) is 0.143. The average Bonchev–Trinajstić information content (AvgIpc) is 2.34. The monoisotopic (exact) mass is 320 g/mol. The molecule has 0 saturated heterocycles. The summed E-state index contributed by atoms with van der Waals surface area (Å²) < 4.78 is 0.998. The molecule has 1 aromatic carbocycles. The molecular weight excluding hydrogens is 308 g/mol. The first-order chi connectivity index (χ1) is 8.99. The summed E-state index contributed by atoms with van der Waals surface area (Å²) in [6.07, 6.45) is 2.99. The maximum atomic E-state index is 11.2. The number of nitrogens with zero attached hydrogens (tertiary/aromatic N) is 1. The van der Waals surface area contributed by atoms with Gasteiger partial charge in [0.1, 0.15) is 0 Å². The van der Waals surface area contributed by atoms with Gasteiger partial charge in [-0.15, -0.1) is 0 Å². The number of carbonyl (C=O) groups is 1. The van der Waals surface area contributed by atoms with Gasteiger partial charge in [0, 0.05) is 16.4 Å². The number of aryl methyl sites for hydroxylation is 2. The number of carboxylic acid groups (broad SMARTS) is 1. The van der Waals surface area contributed by atoms with Crippen LogP contribution in [0.25, 0.3) is 0 Å². The third kappa shape index (κ3) is 2.93. The molecule has 2 aromatic rings. The average molecular weight is 321 g/mol. The van der Waals surface area contributed by atoms with Crippen molar-refractivity contribution < 1.29 is 9.90 Å². The highest BCUT2D eigenvalue weighted by molar-refractivity contribution is 9.10. The Balaban J connectivity index is 2.45. The molecule has 1 heterocycles. The van der Waals surface area contributed by atoms with E-state index in [1.54, 1.807) is 0 Å². The van der Waals surface area contributed by atoms with Crippen molar-refractivity contribution in [3.05, 3.63) is 51.8 Å². The molecule has 0 unspecified atom stereocenters. The number of halogens is 1. The second kappa shape index (κ2) is 5.40. The van der Waals surface area contributed by atoms with Crippen LogP contribution in [0.3, 0.4) is 0 Å². The van der Waals surface area contributed by atoms with Crippen molar-refractivity contribution >= 4 is 33.3 Å². The minimum absolute atomic E-state index is 0.205. The lowest BCUT2D eigenvalue weighted by Gasteiger charge is -2.14. The van der Waals surface area contributed by atoms with Gasteiger partial charge in [0.05, 0.1) is 17.4 Å². The van der Waals surface area contributed by atoms with E-state index in [0.29, 0.717) is 5.69 Å². The van der Waals surface area contributed by atoms with Gasteiger partial charge in [0.2, 0.25) is 0 Å². The van der Waals surface area contributed by atoms with E-state index in [1.165, 1.54) is 18.5 Å². The Morgan fingerprint density at radius 1 is 1.32 bits per heavy atom.